The molecule has 0 radical (unpaired) electrons. The Balaban J connectivity index is 2.12. The van der Waals surface area contributed by atoms with E-state index in [1.807, 2.05) is 12.1 Å². The van der Waals surface area contributed by atoms with E-state index in [0.717, 1.165) is 27.3 Å². The molecule has 0 saturated carbocycles. The molecule has 2 N–H and O–H groups in total. The van der Waals surface area contributed by atoms with Crippen LogP contribution in [0.1, 0.15) is 12.5 Å². The normalized spacial score (nSPS) is 13.8. The van der Waals surface area contributed by atoms with Crippen molar-refractivity contribution in [1.82, 2.24) is 0 Å². The minimum absolute atomic E-state index is 1.09. The maximum atomic E-state index is 3.49. The summed E-state index contributed by atoms with van der Waals surface area (Å²) in [6.07, 6.45) is 2.13. The predicted molar refractivity (Wildman–Crippen MR) is 82.7 cm³/mol. The lowest BCUT2D eigenvalue weighted by Crippen LogP contribution is -2.66. The van der Waals surface area contributed by atoms with Gasteiger partial charge < -0.3 is 5.32 Å². The molecule has 0 aliphatic carbocycles. The van der Waals surface area contributed by atoms with Crippen molar-refractivity contribution in [3.8, 4) is 0 Å². The molecule has 1 aliphatic heterocycles. The second kappa shape index (κ2) is 5.02. The van der Waals surface area contributed by atoms with Crippen LogP contribution < -0.4 is 10.3 Å². The first kappa shape index (κ1) is 12.2. The van der Waals surface area contributed by atoms with Gasteiger partial charge in [0.2, 0.25) is 11.4 Å². The number of nitrogens with one attached hydrogen (secondary N) is 2. The summed E-state index contributed by atoms with van der Waals surface area (Å²) in [5.41, 5.74) is 5.58. The van der Waals surface area contributed by atoms with Crippen molar-refractivity contribution in [2.45, 2.75) is 6.92 Å². The van der Waals surface area contributed by atoms with Crippen LogP contribution in [0.15, 0.2) is 64.8 Å². The summed E-state index contributed by atoms with van der Waals surface area (Å²) >= 11 is 3.47. The summed E-state index contributed by atoms with van der Waals surface area (Å²) in [4.78, 5) is 3.49. The summed E-state index contributed by atoms with van der Waals surface area (Å²) in [6.45, 7) is 2.07. The average molecular weight is 314 g/mol. The smallest absolute Gasteiger partial charge is 0.227 e. The van der Waals surface area contributed by atoms with Crippen LogP contribution >= 0.6 is 15.9 Å². The number of halogens is 1. The van der Waals surface area contributed by atoms with Gasteiger partial charge in [-0.15, -0.1) is 0 Å². The first-order valence-electron chi connectivity index (χ1n) is 6.17. The Bertz CT molecular complexity index is 669. The van der Waals surface area contributed by atoms with Gasteiger partial charge in [-0.05, 0) is 37.3 Å². The zero-order valence-electron chi connectivity index (χ0n) is 10.6. The second-order valence-electron chi connectivity index (χ2n) is 4.54. The molecule has 19 heavy (non-hydrogen) atoms. The zero-order valence-corrected chi connectivity index (χ0v) is 12.2. The Morgan fingerprint density at radius 3 is 2.53 bits per heavy atom. The molecule has 3 rings (SSSR count). The molecule has 2 aromatic rings. The third-order valence-electron chi connectivity index (χ3n) is 3.04. The maximum Gasteiger partial charge on any atom is 0.227 e. The number of benzene rings is 2. The van der Waals surface area contributed by atoms with Gasteiger partial charge in [-0.3, -0.25) is 0 Å². The van der Waals surface area contributed by atoms with Gasteiger partial charge in [-0.25, -0.2) is 4.99 Å². The first-order valence-corrected chi connectivity index (χ1v) is 6.96. The fraction of sp³-hybridized carbons (Fsp3) is 0.0625. The molecule has 1 aliphatic rings. The van der Waals surface area contributed by atoms with Crippen molar-refractivity contribution in [2.24, 2.45) is 0 Å². The molecule has 0 aromatic heterocycles. The maximum absolute atomic E-state index is 3.49. The van der Waals surface area contributed by atoms with E-state index in [0.29, 0.717) is 0 Å². The summed E-state index contributed by atoms with van der Waals surface area (Å²) in [7, 11) is 0. The molecular formula is C16H14BrN2+. The Morgan fingerprint density at radius 1 is 1.00 bits per heavy atom. The van der Waals surface area contributed by atoms with Crippen LogP contribution in [0.25, 0.3) is 0 Å². The lowest BCUT2D eigenvalue weighted by molar-refractivity contribution is -0.350. The quantitative estimate of drug-likeness (QED) is 0.831. The molecule has 0 saturated heterocycles. The van der Waals surface area contributed by atoms with Crippen molar-refractivity contribution >= 4 is 33.0 Å². The monoisotopic (exact) mass is 313 g/mol. The van der Waals surface area contributed by atoms with Crippen molar-refractivity contribution in [1.29, 1.82) is 0 Å². The van der Waals surface area contributed by atoms with E-state index in [1.165, 1.54) is 5.56 Å². The Hall–Kier alpha value is -1.87. The van der Waals surface area contributed by atoms with Gasteiger partial charge in [0, 0.05) is 27.9 Å². The second-order valence-corrected chi connectivity index (χ2v) is 5.46. The molecule has 94 valence electrons. The molecular weight excluding hydrogens is 300 g/mol. The molecule has 3 heteroatoms. The number of hydrogen-bond acceptors (Lipinski definition) is 1. The Morgan fingerprint density at radius 2 is 1.74 bits per heavy atom. The van der Waals surface area contributed by atoms with E-state index >= 15 is 0 Å². The van der Waals surface area contributed by atoms with Crippen LogP contribution in [0.5, 0.6) is 0 Å². The third-order valence-corrected chi connectivity index (χ3v) is 3.57. The van der Waals surface area contributed by atoms with Crippen LogP contribution in [-0.2, 0) is 0 Å². The van der Waals surface area contributed by atoms with Gasteiger partial charge in [0.1, 0.15) is 5.69 Å². The standard InChI is InChI=1S/C16H13BrN2/c1-11-10-16(12-6-8-13(17)9-7-12)19-15-5-3-2-4-14(15)18-11/h2-10,18H,1H3/p+1. The van der Waals surface area contributed by atoms with Crippen LogP contribution in [0.3, 0.4) is 0 Å². The van der Waals surface area contributed by atoms with Crippen molar-refractivity contribution in [2.75, 3.05) is 5.32 Å². The highest BCUT2D eigenvalue weighted by atomic mass is 79.9. The summed E-state index contributed by atoms with van der Waals surface area (Å²) < 4.78 is 1.09. The zero-order chi connectivity index (χ0) is 13.2. The van der Waals surface area contributed by atoms with E-state index < -0.39 is 0 Å². The van der Waals surface area contributed by atoms with Crippen molar-refractivity contribution in [3.05, 3.63) is 70.3 Å². The average Bonchev–Trinajstić information content (AvgIpc) is 2.57. The molecule has 0 spiro atoms. The van der Waals surface area contributed by atoms with Gasteiger partial charge in [0.25, 0.3) is 0 Å². The van der Waals surface area contributed by atoms with Crippen LogP contribution in [-0.4, -0.2) is 5.71 Å². The summed E-state index contributed by atoms with van der Waals surface area (Å²) in [6, 6.07) is 16.5. The lowest BCUT2D eigenvalue weighted by atomic mass is 10.1. The number of allylic oxidation sites excluding steroid dienone is 2. The van der Waals surface area contributed by atoms with E-state index in [9.17, 15) is 0 Å². The van der Waals surface area contributed by atoms with E-state index in [1.54, 1.807) is 0 Å². The van der Waals surface area contributed by atoms with E-state index in [4.69, 9.17) is 0 Å². The van der Waals surface area contributed by atoms with Gasteiger partial charge in [-0.1, -0.05) is 28.1 Å². The molecule has 0 unspecified atom stereocenters. The fourth-order valence-electron chi connectivity index (χ4n) is 2.13. The van der Waals surface area contributed by atoms with Gasteiger partial charge in [0.05, 0.1) is 0 Å². The molecule has 0 amide bonds. The number of hydrogen-bond donors (Lipinski definition) is 2. The number of rotatable bonds is 1. The molecule has 1 heterocycles. The first-order chi connectivity index (χ1) is 9.22. The molecule has 0 atom stereocenters. The highest BCUT2D eigenvalue weighted by Gasteiger charge is 2.15. The van der Waals surface area contributed by atoms with Crippen LogP contribution in [0, 0.1) is 0 Å². The molecule has 2 aromatic carbocycles. The molecule has 0 bridgehead atoms. The Kier molecular flexibility index (Phi) is 3.22. The topological polar surface area (TPSA) is 26.0 Å². The van der Waals surface area contributed by atoms with E-state index in [-0.39, 0.29) is 0 Å². The molecule has 2 nitrogen and oxygen atoms in total. The molecule has 0 fully saturated rings. The predicted octanol–water partition coefficient (Wildman–Crippen LogP) is 2.98. The van der Waals surface area contributed by atoms with E-state index in [2.05, 4.69) is 75.6 Å². The summed E-state index contributed by atoms with van der Waals surface area (Å²) in [5.74, 6) is 0. The van der Waals surface area contributed by atoms with Crippen LogP contribution in [0.2, 0.25) is 0 Å². The fourth-order valence-corrected chi connectivity index (χ4v) is 2.40. The number of fused-ring (bicyclic) bond motifs is 1. The number of para-hydroxylation sites is 2. The SMILES string of the molecule is CC1=CC(c2ccc(Br)cc2)=[NH+]c2ccccc2N1. The lowest BCUT2D eigenvalue weighted by Gasteiger charge is -2.02. The highest BCUT2D eigenvalue weighted by molar-refractivity contribution is 9.10. The largest absolute Gasteiger partial charge is 0.354 e. The Labute approximate surface area is 121 Å². The summed E-state index contributed by atoms with van der Waals surface area (Å²) in [5, 5.41) is 3.40. The number of anilines is 1. The highest BCUT2D eigenvalue weighted by Crippen LogP contribution is 2.20. The van der Waals surface area contributed by atoms with Crippen molar-refractivity contribution < 1.29 is 4.99 Å². The van der Waals surface area contributed by atoms with Gasteiger partial charge >= 0.3 is 0 Å². The van der Waals surface area contributed by atoms with Gasteiger partial charge in [-0.2, -0.15) is 0 Å². The van der Waals surface area contributed by atoms with Crippen LogP contribution in [0.4, 0.5) is 11.4 Å². The minimum atomic E-state index is 1.09. The minimum Gasteiger partial charge on any atom is -0.354 e. The third kappa shape index (κ3) is 2.61. The van der Waals surface area contributed by atoms with Gasteiger partial charge in [0.15, 0.2) is 0 Å². The van der Waals surface area contributed by atoms with Crippen molar-refractivity contribution in [3.63, 3.8) is 0 Å².